The number of hydrogen-bond donors (Lipinski definition) is 0. The number of quaternary nitrogens is 1. The lowest BCUT2D eigenvalue weighted by molar-refractivity contribution is -0.888. The largest absolute Gasteiger partial charge is 0.748 e. The Morgan fingerprint density at radius 1 is 0.593 bits per heavy atom. The highest BCUT2D eigenvalue weighted by atomic mass is 32.2. The van der Waals surface area contributed by atoms with E-state index in [0.29, 0.717) is 11.0 Å². The lowest BCUT2D eigenvalue weighted by Crippen LogP contribution is -2.43. The molecule has 0 aromatic rings. The molecule has 0 aromatic heterocycles. The summed E-state index contributed by atoms with van der Waals surface area (Å²) in [6, 6.07) is 0. The zero-order chi connectivity index (χ0) is 20.4. The average molecular weight is 406 g/mol. The van der Waals surface area contributed by atoms with Gasteiger partial charge in [-0.05, 0) is 12.8 Å². The highest BCUT2D eigenvalue weighted by Crippen LogP contribution is 2.14. The summed E-state index contributed by atoms with van der Waals surface area (Å²) in [7, 11) is -0.0632. The minimum Gasteiger partial charge on any atom is -0.748 e. The van der Waals surface area contributed by atoms with Crippen LogP contribution in [0.3, 0.4) is 0 Å². The van der Waals surface area contributed by atoms with E-state index in [-0.39, 0.29) is 5.75 Å². The minimum absolute atomic E-state index is 0.251. The highest BCUT2D eigenvalue weighted by Gasteiger charge is 2.15. The van der Waals surface area contributed by atoms with Crippen LogP contribution in [0.2, 0.25) is 0 Å². The summed E-state index contributed by atoms with van der Waals surface area (Å²) in [5.41, 5.74) is 0. The molecule has 4 nitrogen and oxygen atoms in total. The summed E-state index contributed by atoms with van der Waals surface area (Å²) in [5, 5.41) is 0. The molecule has 0 fully saturated rings. The fourth-order valence-corrected chi connectivity index (χ4v) is 4.28. The molecule has 0 atom stereocenters. The van der Waals surface area contributed by atoms with E-state index < -0.39 is 10.1 Å². The van der Waals surface area contributed by atoms with Gasteiger partial charge in [0.15, 0.2) is 0 Å². The summed E-state index contributed by atoms with van der Waals surface area (Å²) >= 11 is 0. The van der Waals surface area contributed by atoms with Crippen LogP contribution < -0.4 is 0 Å². The fraction of sp³-hybridized carbons (Fsp3) is 1.00. The van der Waals surface area contributed by atoms with Gasteiger partial charge in [-0.2, -0.15) is 0 Å². The maximum Gasteiger partial charge on any atom is 0.100 e. The Labute approximate surface area is 170 Å². The van der Waals surface area contributed by atoms with E-state index >= 15 is 0 Å². The molecule has 0 bridgehead atoms. The molecule has 0 aliphatic rings. The van der Waals surface area contributed by atoms with Crippen molar-refractivity contribution < 1.29 is 17.5 Å². The van der Waals surface area contributed by atoms with Crippen molar-refractivity contribution in [2.45, 2.75) is 110 Å². The maximum absolute atomic E-state index is 10.7. The molecule has 0 N–H and O–H groups in total. The third-order valence-electron chi connectivity index (χ3n) is 5.56. The third kappa shape index (κ3) is 22.0. The first-order chi connectivity index (χ1) is 12.8. The molecule has 164 valence electrons. The van der Waals surface area contributed by atoms with Crippen LogP contribution in [0.25, 0.3) is 0 Å². The molecule has 0 heterocycles. The minimum atomic E-state index is -4.08. The molecule has 27 heavy (non-hydrogen) atoms. The highest BCUT2D eigenvalue weighted by molar-refractivity contribution is 7.85. The quantitative estimate of drug-likeness (QED) is 0.145. The normalized spacial score (nSPS) is 12.6. The van der Waals surface area contributed by atoms with E-state index in [4.69, 9.17) is 0 Å². The van der Waals surface area contributed by atoms with Gasteiger partial charge < -0.3 is 9.04 Å². The van der Waals surface area contributed by atoms with Gasteiger partial charge in [0.1, 0.15) is 10.1 Å². The number of rotatable bonds is 20. The molecule has 0 radical (unpaired) electrons. The summed E-state index contributed by atoms with van der Waals surface area (Å²) in [5.74, 6) is -0.251. The van der Waals surface area contributed by atoms with Crippen LogP contribution in [0.5, 0.6) is 0 Å². The Morgan fingerprint density at radius 3 is 1.26 bits per heavy atom. The van der Waals surface area contributed by atoms with Crippen molar-refractivity contribution in [3.63, 3.8) is 0 Å². The molecule has 0 aliphatic carbocycles. The van der Waals surface area contributed by atoms with Gasteiger partial charge in [-0.15, -0.1) is 0 Å². The number of unbranched alkanes of at least 4 members (excludes halogenated alkanes) is 15. The number of hydrogen-bond acceptors (Lipinski definition) is 3. The van der Waals surface area contributed by atoms with Gasteiger partial charge in [-0.25, -0.2) is 8.42 Å². The Bertz CT molecular complexity index is 421. The first-order valence-corrected chi connectivity index (χ1v) is 13.1. The van der Waals surface area contributed by atoms with E-state index in [1.807, 2.05) is 14.1 Å². The first kappa shape index (κ1) is 26.9. The van der Waals surface area contributed by atoms with Crippen LogP contribution in [-0.4, -0.2) is 50.4 Å². The lowest BCUT2D eigenvalue weighted by atomic mass is 10.0. The molecule has 0 saturated heterocycles. The Hall–Kier alpha value is -0.130. The van der Waals surface area contributed by atoms with Crippen molar-refractivity contribution in [2.75, 3.05) is 32.9 Å². The smallest absolute Gasteiger partial charge is 0.100 e. The molecule has 0 unspecified atom stereocenters. The zero-order valence-corrected chi connectivity index (χ0v) is 19.3. The van der Waals surface area contributed by atoms with Gasteiger partial charge in [0.2, 0.25) is 0 Å². The molecule has 5 heteroatoms. The molecular formula is C22H47NO3S. The molecule has 0 aliphatic heterocycles. The SMILES string of the molecule is CCCCCCCCCCCCCCCCCC[N+](C)(C)CCS(=O)(=O)[O-]. The van der Waals surface area contributed by atoms with E-state index in [1.54, 1.807) is 0 Å². The predicted octanol–water partition coefficient (Wildman–Crippen LogP) is 5.87. The Kier molecular flexibility index (Phi) is 16.7. The molecule has 0 saturated carbocycles. The van der Waals surface area contributed by atoms with Crippen molar-refractivity contribution >= 4 is 10.1 Å². The first-order valence-electron chi connectivity index (χ1n) is 11.5. The third-order valence-corrected chi connectivity index (χ3v) is 6.25. The van der Waals surface area contributed by atoms with Crippen molar-refractivity contribution in [3.05, 3.63) is 0 Å². The summed E-state index contributed by atoms with van der Waals surface area (Å²) in [6.07, 6.45) is 21.8. The van der Waals surface area contributed by atoms with E-state index in [2.05, 4.69) is 6.92 Å². The zero-order valence-electron chi connectivity index (χ0n) is 18.5. The Morgan fingerprint density at radius 2 is 0.926 bits per heavy atom. The molecule has 0 spiro atoms. The van der Waals surface area contributed by atoms with Crippen LogP contribution in [0.4, 0.5) is 0 Å². The standard InChI is InChI=1S/C22H47NO3S/c1-4-5-6-7-8-9-10-11-12-13-14-15-16-17-18-19-20-23(2,3)21-22-27(24,25)26/h4-22H2,1-3H3. The number of nitrogens with zero attached hydrogens (tertiary/aromatic N) is 1. The average Bonchev–Trinajstić information content (AvgIpc) is 2.59. The molecule has 0 rings (SSSR count). The van der Waals surface area contributed by atoms with Gasteiger partial charge >= 0.3 is 0 Å². The van der Waals surface area contributed by atoms with Crippen molar-refractivity contribution in [2.24, 2.45) is 0 Å². The van der Waals surface area contributed by atoms with E-state index in [9.17, 15) is 13.0 Å². The fourth-order valence-electron chi connectivity index (χ4n) is 3.56. The second-order valence-corrected chi connectivity index (χ2v) is 10.5. The monoisotopic (exact) mass is 405 g/mol. The van der Waals surface area contributed by atoms with Gasteiger partial charge in [-0.3, -0.25) is 0 Å². The summed E-state index contributed by atoms with van der Waals surface area (Å²) in [6.45, 7) is 3.65. The van der Waals surface area contributed by atoms with Crippen molar-refractivity contribution in [3.8, 4) is 0 Å². The maximum atomic E-state index is 10.7. The predicted molar refractivity (Wildman–Crippen MR) is 116 cm³/mol. The molecular weight excluding hydrogens is 358 g/mol. The van der Waals surface area contributed by atoms with Crippen molar-refractivity contribution in [1.29, 1.82) is 0 Å². The van der Waals surface area contributed by atoms with Gasteiger partial charge in [0.25, 0.3) is 0 Å². The van der Waals surface area contributed by atoms with Crippen LogP contribution in [0.1, 0.15) is 110 Å². The molecule has 0 aromatic carbocycles. The van der Waals surface area contributed by atoms with E-state index in [1.165, 1.54) is 96.3 Å². The van der Waals surface area contributed by atoms with Gasteiger partial charge in [0, 0.05) is 0 Å². The van der Waals surface area contributed by atoms with Crippen LogP contribution in [0, 0.1) is 0 Å². The van der Waals surface area contributed by atoms with Crippen LogP contribution in [-0.2, 0) is 10.1 Å². The van der Waals surface area contributed by atoms with E-state index in [0.717, 1.165) is 13.0 Å². The molecule has 0 amide bonds. The topological polar surface area (TPSA) is 57.2 Å². The van der Waals surface area contributed by atoms with Crippen LogP contribution in [0.15, 0.2) is 0 Å². The van der Waals surface area contributed by atoms with Crippen molar-refractivity contribution in [1.82, 2.24) is 0 Å². The van der Waals surface area contributed by atoms with Gasteiger partial charge in [0.05, 0.1) is 32.9 Å². The Balaban J connectivity index is 3.29. The van der Waals surface area contributed by atoms with Crippen LogP contribution >= 0.6 is 0 Å². The second-order valence-electron chi connectivity index (χ2n) is 8.95. The lowest BCUT2D eigenvalue weighted by Gasteiger charge is -2.30. The summed E-state index contributed by atoms with van der Waals surface area (Å²) in [4.78, 5) is 0. The van der Waals surface area contributed by atoms with Gasteiger partial charge in [-0.1, -0.05) is 96.8 Å². The summed E-state index contributed by atoms with van der Waals surface area (Å²) < 4.78 is 32.8. The second kappa shape index (κ2) is 16.8.